The van der Waals surface area contributed by atoms with Crippen molar-refractivity contribution in [1.82, 2.24) is 14.5 Å². The summed E-state index contributed by atoms with van der Waals surface area (Å²) in [4.78, 5) is 40.1. The number of hydrogen-bond acceptors (Lipinski definition) is 6. The maximum absolute atomic E-state index is 12.9. The lowest BCUT2D eigenvalue weighted by molar-refractivity contribution is -0.136. The number of carbonyl (C=O) groups excluding carboxylic acids is 3. The standard InChI is InChI=1S/C16H18N6O5S/c1-21(8-7-18-20-17)28(26,27)13-4-2-3-10-11(13)9-22(16(10)25)12-5-6-14(23)19-15(12)24/h2-4,12H,5-9H2,1H3,(H,19,23,24). The molecule has 1 atom stereocenters. The molecule has 2 heterocycles. The molecule has 2 aliphatic rings. The van der Waals surface area contributed by atoms with E-state index >= 15 is 0 Å². The Labute approximate surface area is 161 Å². The zero-order chi connectivity index (χ0) is 20.5. The maximum atomic E-state index is 12.9. The molecule has 1 unspecified atom stereocenters. The molecule has 1 aromatic carbocycles. The van der Waals surface area contributed by atoms with E-state index in [1.54, 1.807) is 0 Å². The number of hydrogen-bond donors (Lipinski definition) is 1. The largest absolute Gasteiger partial charge is 0.322 e. The summed E-state index contributed by atoms with van der Waals surface area (Å²) in [5, 5.41) is 5.54. The molecule has 2 aliphatic heterocycles. The molecule has 28 heavy (non-hydrogen) atoms. The van der Waals surface area contributed by atoms with Crippen molar-refractivity contribution in [3.8, 4) is 0 Å². The lowest BCUT2D eigenvalue weighted by atomic mass is 10.0. The van der Waals surface area contributed by atoms with E-state index in [-0.39, 0.29) is 42.9 Å². The Balaban J connectivity index is 1.91. The Morgan fingerprint density at radius 1 is 1.36 bits per heavy atom. The van der Waals surface area contributed by atoms with Crippen LogP contribution in [0.15, 0.2) is 28.2 Å². The zero-order valence-electron chi connectivity index (χ0n) is 15.0. The zero-order valence-corrected chi connectivity index (χ0v) is 15.8. The van der Waals surface area contributed by atoms with Crippen LogP contribution in [0.5, 0.6) is 0 Å². The normalized spacial score (nSPS) is 19.4. The van der Waals surface area contributed by atoms with Crippen LogP contribution in [0, 0.1) is 0 Å². The van der Waals surface area contributed by atoms with Crippen LogP contribution in [0.2, 0.25) is 0 Å². The van der Waals surface area contributed by atoms with E-state index in [0.29, 0.717) is 5.56 Å². The van der Waals surface area contributed by atoms with E-state index in [4.69, 9.17) is 5.53 Å². The number of piperidine rings is 1. The molecule has 1 N–H and O–H groups in total. The summed E-state index contributed by atoms with van der Waals surface area (Å²) in [5.41, 5.74) is 8.87. The molecule has 0 aromatic heterocycles. The highest BCUT2D eigenvalue weighted by Crippen LogP contribution is 2.32. The van der Waals surface area contributed by atoms with Gasteiger partial charge in [0.2, 0.25) is 21.8 Å². The van der Waals surface area contributed by atoms with Gasteiger partial charge in [-0.3, -0.25) is 19.7 Å². The summed E-state index contributed by atoms with van der Waals surface area (Å²) in [6.07, 6.45) is 0.308. The van der Waals surface area contributed by atoms with Crippen molar-refractivity contribution in [3.63, 3.8) is 0 Å². The topological polar surface area (TPSA) is 153 Å². The van der Waals surface area contributed by atoms with Gasteiger partial charge in [0.25, 0.3) is 5.91 Å². The number of nitrogens with zero attached hydrogens (tertiary/aromatic N) is 5. The molecule has 3 amide bonds. The SMILES string of the molecule is CN(CCN=[N+]=[N-])S(=O)(=O)c1cccc2c1CN(C1CCC(=O)NC1=O)C2=O. The van der Waals surface area contributed by atoms with Gasteiger partial charge in [-0.2, -0.15) is 0 Å². The summed E-state index contributed by atoms with van der Waals surface area (Å²) in [7, 11) is -2.57. The van der Waals surface area contributed by atoms with Crippen molar-refractivity contribution in [1.29, 1.82) is 0 Å². The summed E-state index contributed by atoms with van der Waals surface area (Å²) in [5.74, 6) is -1.40. The van der Waals surface area contributed by atoms with Crippen molar-refractivity contribution < 1.29 is 22.8 Å². The third-order valence-corrected chi connectivity index (χ3v) is 6.75. The van der Waals surface area contributed by atoms with Crippen LogP contribution in [-0.4, -0.2) is 61.5 Å². The van der Waals surface area contributed by atoms with Gasteiger partial charge >= 0.3 is 0 Å². The van der Waals surface area contributed by atoms with Crippen LogP contribution >= 0.6 is 0 Å². The number of imide groups is 1. The van der Waals surface area contributed by atoms with Crippen molar-refractivity contribution >= 4 is 27.7 Å². The summed E-state index contributed by atoms with van der Waals surface area (Å²) in [6.45, 7) is -0.0799. The van der Waals surface area contributed by atoms with Crippen molar-refractivity contribution in [2.75, 3.05) is 20.1 Å². The molecular weight excluding hydrogens is 388 g/mol. The van der Waals surface area contributed by atoms with E-state index in [0.717, 1.165) is 4.31 Å². The quantitative estimate of drug-likeness (QED) is 0.313. The molecule has 1 aromatic rings. The molecule has 1 saturated heterocycles. The Kier molecular flexibility index (Phi) is 5.36. The Morgan fingerprint density at radius 2 is 2.11 bits per heavy atom. The highest BCUT2D eigenvalue weighted by Gasteiger charge is 2.41. The van der Waals surface area contributed by atoms with E-state index in [2.05, 4.69) is 15.3 Å². The number of rotatable bonds is 6. The fourth-order valence-electron chi connectivity index (χ4n) is 3.32. The minimum Gasteiger partial charge on any atom is -0.322 e. The van der Waals surface area contributed by atoms with E-state index in [1.165, 1.54) is 30.1 Å². The molecular formula is C16H18N6O5S. The lowest BCUT2D eigenvalue weighted by Crippen LogP contribution is -2.52. The number of amides is 3. The fourth-order valence-corrected chi connectivity index (χ4v) is 4.71. The van der Waals surface area contributed by atoms with Gasteiger partial charge in [0.05, 0.1) is 4.90 Å². The first-order chi connectivity index (χ1) is 13.3. The summed E-state index contributed by atoms with van der Waals surface area (Å²) in [6, 6.07) is 3.57. The minimum absolute atomic E-state index is 0.0130. The van der Waals surface area contributed by atoms with Gasteiger partial charge in [0.1, 0.15) is 6.04 Å². The molecule has 0 bridgehead atoms. The molecule has 0 saturated carbocycles. The third-order valence-electron chi connectivity index (χ3n) is 4.81. The van der Waals surface area contributed by atoms with Gasteiger partial charge in [0, 0.05) is 49.1 Å². The van der Waals surface area contributed by atoms with E-state index < -0.39 is 33.8 Å². The van der Waals surface area contributed by atoms with Crippen LogP contribution in [0.4, 0.5) is 0 Å². The van der Waals surface area contributed by atoms with Crippen LogP contribution < -0.4 is 5.32 Å². The highest BCUT2D eigenvalue weighted by atomic mass is 32.2. The number of likely N-dealkylation sites (N-methyl/N-ethyl adjacent to an activating group) is 1. The fraction of sp³-hybridized carbons (Fsp3) is 0.438. The molecule has 12 heteroatoms. The highest BCUT2D eigenvalue weighted by molar-refractivity contribution is 7.89. The lowest BCUT2D eigenvalue weighted by Gasteiger charge is -2.29. The number of benzene rings is 1. The maximum Gasteiger partial charge on any atom is 0.255 e. The van der Waals surface area contributed by atoms with Gasteiger partial charge in [-0.1, -0.05) is 11.2 Å². The number of sulfonamides is 1. The molecule has 0 radical (unpaired) electrons. The van der Waals surface area contributed by atoms with Crippen LogP contribution in [-0.2, 0) is 26.2 Å². The average Bonchev–Trinajstić information content (AvgIpc) is 2.98. The number of nitrogens with one attached hydrogen (secondary N) is 1. The number of azide groups is 1. The molecule has 11 nitrogen and oxygen atoms in total. The number of fused-ring (bicyclic) bond motifs is 1. The summed E-state index contributed by atoms with van der Waals surface area (Å²) >= 11 is 0. The van der Waals surface area contributed by atoms with Crippen molar-refractivity contribution in [2.24, 2.45) is 5.11 Å². The van der Waals surface area contributed by atoms with Crippen LogP contribution in [0.1, 0.15) is 28.8 Å². The second-order valence-corrected chi connectivity index (χ2v) is 8.48. The Hall–Kier alpha value is -2.95. The Morgan fingerprint density at radius 3 is 2.79 bits per heavy atom. The van der Waals surface area contributed by atoms with Gasteiger partial charge in [-0.05, 0) is 24.1 Å². The molecule has 0 spiro atoms. The first-order valence-electron chi connectivity index (χ1n) is 8.51. The molecule has 3 rings (SSSR count). The predicted molar refractivity (Wildman–Crippen MR) is 96.3 cm³/mol. The average molecular weight is 406 g/mol. The first kappa shape index (κ1) is 19.8. The van der Waals surface area contributed by atoms with Gasteiger partial charge < -0.3 is 4.90 Å². The summed E-state index contributed by atoms with van der Waals surface area (Å²) < 4.78 is 26.9. The van der Waals surface area contributed by atoms with E-state index in [1.807, 2.05) is 0 Å². The first-order valence-corrected chi connectivity index (χ1v) is 9.95. The monoisotopic (exact) mass is 406 g/mol. The van der Waals surface area contributed by atoms with Gasteiger partial charge in [-0.25, -0.2) is 12.7 Å². The minimum atomic E-state index is -3.93. The van der Waals surface area contributed by atoms with Crippen LogP contribution in [0.3, 0.4) is 0 Å². The van der Waals surface area contributed by atoms with Crippen LogP contribution in [0.25, 0.3) is 10.4 Å². The molecule has 0 aliphatic carbocycles. The van der Waals surface area contributed by atoms with Gasteiger partial charge in [-0.15, -0.1) is 0 Å². The van der Waals surface area contributed by atoms with Gasteiger partial charge in [0.15, 0.2) is 0 Å². The van der Waals surface area contributed by atoms with Crippen molar-refractivity contribution in [2.45, 2.75) is 30.3 Å². The predicted octanol–water partition coefficient (Wildman–Crippen LogP) is 0.378. The molecule has 148 valence electrons. The number of carbonyl (C=O) groups is 3. The third kappa shape index (κ3) is 3.44. The molecule has 1 fully saturated rings. The Bertz CT molecular complexity index is 1000. The smallest absolute Gasteiger partial charge is 0.255 e. The van der Waals surface area contributed by atoms with Crippen molar-refractivity contribution in [3.05, 3.63) is 39.8 Å². The second kappa shape index (κ2) is 7.58. The van der Waals surface area contributed by atoms with E-state index in [9.17, 15) is 22.8 Å². The second-order valence-electron chi connectivity index (χ2n) is 6.46.